The second-order valence-electron chi connectivity index (χ2n) is 18.3. The Morgan fingerprint density at radius 3 is 2.15 bits per heavy atom. The number of unbranched alkanes of at least 4 members (excludes halogenated alkanes) is 11. The summed E-state index contributed by atoms with van der Waals surface area (Å²) in [7, 11) is 0. The predicted octanol–water partition coefficient (Wildman–Crippen LogP) is 13.4. The van der Waals surface area contributed by atoms with Crippen molar-refractivity contribution < 1.29 is 9.90 Å². The number of aliphatic hydroxyl groups is 1. The van der Waals surface area contributed by atoms with Gasteiger partial charge in [0.1, 0.15) is 5.60 Å². The van der Waals surface area contributed by atoms with E-state index in [4.69, 9.17) is 0 Å². The average molecular weight is 651 g/mol. The number of fused-ring (bicyclic) bond motifs is 5. The fourth-order valence-electron chi connectivity index (χ4n) is 11.5. The lowest BCUT2D eigenvalue weighted by atomic mass is 9.46. The first-order valence-corrected chi connectivity index (χ1v) is 21.2. The number of hydrogen-bond donors (Lipinski definition) is 1. The summed E-state index contributed by atoms with van der Waals surface area (Å²) in [6.45, 7) is 14.8. The molecule has 0 radical (unpaired) electrons. The van der Waals surface area contributed by atoms with Gasteiger partial charge in [0, 0.05) is 12.8 Å². The van der Waals surface area contributed by atoms with Crippen molar-refractivity contribution in [3.05, 3.63) is 23.8 Å². The van der Waals surface area contributed by atoms with Gasteiger partial charge in [0.05, 0.1) is 0 Å². The van der Waals surface area contributed by atoms with Crippen molar-refractivity contribution in [2.75, 3.05) is 0 Å². The maximum atomic E-state index is 13.4. The Bertz CT molecular complexity index is 1010. The van der Waals surface area contributed by atoms with E-state index in [1.165, 1.54) is 128 Å². The van der Waals surface area contributed by atoms with Crippen LogP contribution in [0.15, 0.2) is 23.8 Å². The highest BCUT2D eigenvalue weighted by molar-refractivity contribution is 5.87. The van der Waals surface area contributed by atoms with Crippen LogP contribution < -0.4 is 0 Å². The molecule has 1 N–H and O–H groups in total. The molecule has 3 saturated carbocycles. The molecule has 0 aromatic rings. The maximum absolute atomic E-state index is 13.4. The molecule has 0 saturated heterocycles. The molecule has 0 aliphatic heterocycles. The standard InChI is InChI=1S/C45H78O2/c1-7-8-9-10-11-12-13-14-15-16-17-18-19-20-21-25-42(46)45(47)33-32-43(5)37(34-45)26-27-38-40-29-28-39(36(4)24-22-23-35(2)3)44(40,6)31-30-41(38)43/h14-15,26,35-36,38-41,47H,7-13,16-25,27-34H2,1-6H3/b15-14-/t36-,38+,39-,40+,41+,43+,44-,45+/m1/s1. The normalized spacial score (nSPS) is 34.3. The summed E-state index contributed by atoms with van der Waals surface area (Å²) >= 11 is 0. The Balaban J connectivity index is 1.17. The Morgan fingerprint density at radius 2 is 1.47 bits per heavy atom. The van der Waals surface area contributed by atoms with E-state index >= 15 is 0 Å². The second-order valence-corrected chi connectivity index (χ2v) is 18.3. The molecule has 2 nitrogen and oxygen atoms in total. The fourth-order valence-corrected chi connectivity index (χ4v) is 11.5. The minimum atomic E-state index is -1.12. The van der Waals surface area contributed by atoms with E-state index in [1.54, 1.807) is 0 Å². The summed E-state index contributed by atoms with van der Waals surface area (Å²) in [5.74, 6) is 5.09. The van der Waals surface area contributed by atoms with Crippen molar-refractivity contribution in [1.29, 1.82) is 0 Å². The van der Waals surface area contributed by atoms with Crippen molar-refractivity contribution in [3.8, 4) is 0 Å². The number of carbonyl (C=O) groups is 1. The van der Waals surface area contributed by atoms with Gasteiger partial charge in [0.25, 0.3) is 0 Å². The topological polar surface area (TPSA) is 37.3 Å². The molecule has 0 unspecified atom stereocenters. The van der Waals surface area contributed by atoms with Crippen LogP contribution in [0.25, 0.3) is 0 Å². The number of Topliss-reactive ketones (excluding diaryl/α,β-unsaturated/α-hetero) is 1. The summed E-state index contributed by atoms with van der Waals surface area (Å²) in [6, 6.07) is 0. The van der Waals surface area contributed by atoms with Crippen LogP contribution in [-0.4, -0.2) is 16.5 Å². The number of carbonyl (C=O) groups excluding carboxylic acids is 1. The minimum Gasteiger partial charge on any atom is -0.382 e. The molecule has 47 heavy (non-hydrogen) atoms. The van der Waals surface area contributed by atoms with Crippen molar-refractivity contribution in [2.24, 2.45) is 46.3 Å². The first-order valence-electron chi connectivity index (χ1n) is 21.2. The SMILES string of the molecule is CCCCCCCC/C=C\CCCCCCCC(=O)[C@]1(O)CC[C@@]2(C)C(=CC[C@H]3[C@@H]4CC[C@H]([C@H](C)CCCC(C)C)[C@@]4(C)CC[C@@H]32)C1. The van der Waals surface area contributed by atoms with Gasteiger partial charge in [-0.3, -0.25) is 4.79 Å². The van der Waals surface area contributed by atoms with Gasteiger partial charge in [-0.25, -0.2) is 0 Å². The third-order valence-corrected chi connectivity index (χ3v) is 14.6. The van der Waals surface area contributed by atoms with E-state index in [0.717, 1.165) is 54.8 Å². The summed E-state index contributed by atoms with van der Waals surface area (Å²) < 4.78 is 0. The largest absolute Gasteiger partial charge is 0.382 e. The molecule has 4 aliphatic carbocycles. The number of ketones is 1. The van der Waals surface area contributed by atoms with Crippen LogP contribution in [0.4, 0.5) is 0 Å². The van der Waals surface area contributed by atoms with Crippen LogP contribution in [0.3, 0.4) is 0 Å². The lowest BCUT2D eigenvalue weighted by Gasteiger charge is -2.59. The molecule has 0 spiro atoms. The van der Waals surface area contributed by atoms with Gasteiger partial charge >= 0.3 is 0 Å². The zero-order valence-corrected chi connectivity index (χ0v) is 32.2. The van der Waals surface area contributed by atoms with Crippen molar-refractivity contribution in [2.45, 2.75) is 208 Å². The predicted molar refractivity (Wildman–Crippen MR) is 202 cm³/mol. The van der Waals surface area contributed by atoms with Crippen LogP contribution in [-0.2, 0) is 4.79 Å². The highest BCUT2D eigenvalue weighted by Gasteiger charge is 2.60. The van der Waals surface area contributed by atoms with Gasteiger partial charge in [0.2, 0.25) is 0 Å². The molecule has 3 fully saturated rings. The molecule has 8 atom stereocenters. The summed E-state index contributed by atoms with van der Waals surface area (Å²) in [5, 5.41) is 11.7. The van der Waals surface area contributed by atoms with Gasteiger partial charge < -0.3 is 5.11 Å². The van der Waals surface area contributed by atoms with E-state index in [2.05, 4.69) is 59.8 Å². The molecule has 270 valence electrons. The average Bonchev–Trinajstić information content (AvgIpc) is 3.40. The Hall–Kier alpha value is -0.890. The van der Waals surface area contributed by atoms with Gasteiger partial charge in [-0.05, 0) is 123 Å². The van der Waals surface area contributed by atoms with E-state index < -0.39 is 5.60 Å². The van der Waals surface area contributed by atoms with Crippen molar-refractivity contribution >= 4 is 5.78 Å². The molecular formula is C45H78O2. The van der Waals surface area contributed by atoms with E-state index in [9.17, 15) is 9.90 Å². The summed E-state index contributed by atoms with van der Waals surface area (Å²) in [6.07, 6.45) is 37.6. The number of allylic oxidation sites excluding steroid dienone is 3. The Kier molecular flexibility index (Phi) is 15.2. The smallest absolute Gasteiger partial charge is 0.164 e. The lowest BCUT2D eigenvalue weighted by Crippen LogP contribution is -2.54. The Labute approximate surface area is 292 Å². The van der Waals surface area contributed by atoms with Crippen LogP contribution in [0, 0.1) is 46.3 Å². The monoisotopic (exact) mass is 651 g/mol. The minimum absolute atomic E-state index is 0.126. The third kappa shape index (κ3) is 9.88. The van der Waals surface area contributed by atoms with Crippen LogP contribution in [0.5, 0.6) is 0 Å². The molecule has 0 amide bonds. The third-order valence-electron chi connectivity index (χ3n) is 14.6. The van der Waals surface area contributed by atoms with Gasteiger partial charge in [-0.1, -0.05) is 136 Å². The molecule has 0 bridgehead atoms. The molecule has 0 aromatic carbocycles. The highest BCUT2D eigenvalue weighted by Crippen LogP contribution is 2.67. The van der Waals surface area contributed by atoms with Crippen LogP contribution in [0.1, 0.15) is 202 Å². The van der Waals surface area contributed by atoms with Gasteiger partial charge in [-0.2, -0.15) is 0 Å². The quantitative estimate of drug-likeness (QED) is 0.0991. The van der Waals surface area contributed by atoms with Crippen molar-refractivity contribution in [3.63, 3.8) is 0 Å². The van der Waals surface area contributed by atoms with Gasteiger partial charge in [-0.15, -0.1) is 0 Å². The first kappa shape index (κ1) is 38.9. The number of hydrogen-bond acceptors (Lipinski definition) is 2. The molecule has 4 aliphatic rings. The van der Waals surface area contributed by atoms with Crippen LogP contribution >= 0.6 is 0 Å². The lowest BCUT2D eigenvalue weighted by molar-refractivity contribution is -0.143. The first-order chi connectivity index (χ1) is 22.5. The van der Waals surface area contributed by atoms with E-state index in [1.807, 2.05) is 0 Å². The zero-order valence-electron chi connectivity index (χ0n) is 32.2. The Morgan fingerprint density at radius 1 is 0.809 bits per heavy atom. The fraction of sp³-hybridized carbons (Fsp3) is 0.889. The summed E-state index contributed by atoms with van der Waals surface area (Å²) in [4.78, 5) is 13.4. The van der Waals surface area contributed by atoms with E-state index in [-0.39, 0.29) is 11.2 Å². The zero-order chi connectivity index (χ0) is 33.9. The summed E-state index contributed by atoms with van der Waals surface area (Å²) in [5.41, 5.74) is 1.01. The van der Waals surface area contributed by atoms with Gasteiger partial charge in [0.15, 0.2) is 5.78 Å². The molecule has 0 aromatic heterocycles. The van der Waals surface area contributed by atoms with E-state index in [0.29, 0.717) is 24.7 Å². The highest BCUT2D eigenvalue weighted by atomic mass is 16.3. The number of rotatable bonds is 21. The molecular weight excluding hydrogens is 572 g/mol. The molecule has 2 heteroatoms. The molecule has 0 heterocycles. The molecule has 4 rings (SSSR count). The maximum Gasteiger partial charge on any atom is 0.164 e. The van der Waals surface area contributed by atoms with Crippen LogP contribution in [0.2, 0.25) is 0 Å². The second kappa shape index (κ2) is 18.4. The van der Waals surface area contributed by atoms with Crippen molar-refractivity contribution in [1.82, 2.24) is 0 Å².